The van der Waals surface area contributed by atoms with Crippen molar-refractivity contribution in [1.82, 2.24) is 4.72 Å². The predicted molar refractivity (Wildman–Crippen MR) is 72.4 cm³/mol. The van der Waals surface area contributed by atoms with Crippen LogP contribution in [0.1, 0.15) is 0 Å². The molecule has 118 valence electrons. The summed E-state index contributed by atoms with van der Waals surface area (Å²) in [6, 6.07) is 2.91. The molecule has 0 aliphatic rings. The first kappa shape index (κ1) is 17.8. The van der Waals surface area contributed by atoms with E-state index in [1.807, 2.05) is 4.72 Å². The van der Waals surface area contributed by atoms with Gasteiger partial charge in [-0.2, -0.15) is 4.72 Å². The fraction of sp³-hybridized carbons (Fsp3) is 0.400. The summed E-state index contributed by atoms with van der Waals surface area (Å²) in [5.41, 5.74) is -2.70. The topological polar surface area (TPSA) is 150 Å². The Kier molecular flexibility index (Phi) is 5.61. The third kappa shape index (κ3) is 3.87. The van der Waals surface area contributed by atoms with Gasteiger partial charge in [-0.15, -0.1) is 0 Å². The highest BCUT2D eigenvalue weighted by Crippen LogP contribution is 2.27. The van der Waals surface area contributed by atoms with Gasteiger partial charge in [-0.1, -0.05) is 11.6 Å². The second kappa shape index (κ2) is 6.64. The molecule has 0 saturated carbocycles. The maximum absolute atomic E-state index is 12.2. The maximum atomic E-state index is 12.2. The normalized spacial score (nSPS) is 12.4. The zero-order valence-corrected chi connectivity index (χ0v) is 12.1. The predicted octanol–water partition coefficient (Wildman–Crippen LogP) is -0.758. The molecule has 0 unspecified atom stereocenters. The second-order valence-electron chi connectivity index (χ2n) is 4.23. The summed E-state index contributed by atoms with van der Waals surface area (Å²) in [5.74, 6) is 0. The number of nitro benzene ring substituents is 1. The summed E-state index contributed by atoms with van der Waals surface area (Å²) in [6.45, 7) is -2.71. The second-order valence-corrected chi connectivity index (χ2v) is 6.32. The molecule has 11 heteroatoms. The lowest BCUT2D eigenvalue weighted by Gasteiger charge is -2.28. The van der Waals surface area contributed by atoms with Gasteiger partial charge in [-0.3, -0.25) is 10.1 Å². The molecule has 0 fully saturated rings. The van der Waals surface area contributed by atoms with Crippen LogP contribution < -0.4 is 4.72 Å². The van der Waals surface area contributed by atoms with Crippen molar-refractivity contribution in [2.24, 2.45) is 0 Å². The van der Waals surface area contributed by atoms with Gasteiger partial charge >= 0.3 is 0 Å². The molecule has 0 aliphatic carbocycles. The third-order valence-electron chi connectivity index (χ3n) is 2.67. The molecule has 0 aliphatic heterocycles. The van der Waals surface area contributed by atoms with Crippen LogP contribution in [0.4, 0.5) is 5.69 Å². The molecule has 0 heterocycles. The van der Waals surface area contributed by atoms with Crippen LogP contribution in [0, 0.1) is 10.1 Å². The Morgan fingerprint density at radius 1 is 1.24 bits per heavy atom. The van der Waals surface area contributed by atoms with E-state index >= 15 is 0 Å². The van der Waals surface area contributed by atoms with Gasteiger partial charge < -0.3 is 15.3 Å². The van der Waals surface area contributed by atoms with Crippen LogP contribution >= 0.6 is 11.6 Å². The number of nitrogens with zero attached hydrogens (tertiary/aromatic N) is 1. The molecule has 9 nitrogen and oxygen atoms in total. The third-order valence-corrected chi connectivity index (χ3v) is 4.53. The molecule has 1 aromatic rings. The minimum absolute atomic E-state index is 0.0293. The van der Waals surface area contributed by atoms with Crippen LogP contribution in [0.25, 0.3) is 0 Å². The van der Waals surface area contributed by atoms with Crippen molar-refractivity contribution in [2.45, 2.75) is 10.4 Å². The number of aliphatic hydroxyl groups excluding tert-OH is 3. The average Bonchev–Trinajstić information content (AvgIpc) is 2.44. The molecular weight excluding hydrogens is 328 g/mol. The van der Waals surface area contributed by atoms with Crippen LogP contribution in [-0.4, -0.2) is 54.0 Å². The monoisotopic (exact) mass is 340 g/mol. The van der Waals surface area contributed by atoms with Crippen molar-refractivity contribution < 1.29 is 28.7 Å². The summed E-state index contributed by atoms with van der Waals surface area (Å²) in [7, 11) is -4.48. The van der Waals surface area contributed by atoms with Gasteiger partial charge in [0.1, 0.15) is 5.54 Å². The van der Waals surface area contributed by atoms with Gasteiger partial charge in [0, 0.05) is 11.1 Å². The number of hydrogen-bond acceptors (Lipinski definition) is 7. The lowest BCUT2D eigenvalue weighted by Crippen LogP contribution is -2.56. The van der Waals surface area contributed by atoms with Gasteiger partial charge in [0.2, 0.25) is 10.0 Å². The molecule has 4 N–H and O–H groups in total. The highest BCUT2D eigenvalue weighted by Gasteiger charge is 2.36. The minimum atomic E-state index is -4.48. The molecule has 0 amide bonds. The lowest BCUT2D eigenvalue weighted by molar-refractivity contribution is -0.387. The summed E-state index contributed by atoms with van der Waals surface area (Å²) in [6.07, 6.45) is 0. The fourth-order valence-electron chi connectivity index (χ4n) is 1.45. The minimum Gasteiger partial charge on any atom is -0.394 e. The van der Waals surface area contributed by atoms with Crippen LogP contribution in [0.5, 0.6) is 0 Å². The number of halogens is 1. The van der Waals surface area contributed by atoms with Gasteiger partial charge in [-0.05, 0) is 12.1 Å². The summed E-state index contributed by atoms with van der Waals surface area (Å²) >= 11 is 5.59. The van der Waals surface area contributed by atoms with Crippen molar-refractivity contribution in [3.05, 3.63) is 33.3 Å². The van der Waals surface area contributed by atoms with Crippen molar-refractivity contribution in [1.29, 1.82) is 0 Å². The van der Waals surface area contributed by atoms with Crippen LogP contribution in [0.15, 0.2) is 23.1 Å². The number of aliphatic hydroxyl groups is 3. The molecule has 0 spiro atoms. The van der Waals surface area contributed by atoms with Gasteiger partial charge in [0.25, 0.3) is 5.69 Å². The first-order chi connectivity index (χ1) is 9.71. The first-order valence-electron chi connectivity index (χ1n) is 5.52. The van der Waals surface area contributed by atoms with Crippen molar-refractivity contribution in [3.63, 3.8) is 0 Å². The Morgan fingerprint density at radius 2 is 1.76 bits per heavy atom. The average molecular weight is 341 g/mol. The van der Waals surface area contributed by atoms with E-state index in [9.17, 15) is 18.5 Å². The maximum Gasteiger partial charge on any atom is 0.290 e. The number of hydrogen-bond donors (Lipinski definition) is 4. The Morgan fingerprint density at radius 3 is 2.19 bits per heavy atom. The van der Waals surface area contributed by atoms with Crippen LogP contribution in [0.2, 0.25) is 5.02 Å². The van der Waals surface area contributed by atoms with Crippen molar-refractivity contribution in [2.75, 3.05) is 19.8 Å². The smallest absolute Gasteiger partial charge is 0.290 e. The van der Waals surface area contributed by atoms with E-state index in [2.05, 4.69) is 0 Å². The van der Waals surface area contributed by atoms with Crippen molar-refractivity contribution >= 4 is 27.3 Å². The Hall–Kier alpha value is -1.30. The number of nitro groups is 1. The van der Waals surface area contributed by atoms with Crippen molar-refractivity contribution in [3.8, 4) is 0 Å². The zero-order valence-electron chi connectivity index (χ0n) is 10.6. The van der Waals surface area contributed by atoms with Gasteiger partial charge in [0.15, 0.2) is 4.90 Å². The largest absolute Gasteiger partial charge is 0.394 e. The molecule has 21 heavy (non-hydrogen) atoms. The fourth-order valence-corrected chi connectivity index (χ4v) is 3.14. The van der Waals surface area contributed by atoms with E-state index in [0.29, 0.717) is 0 Å². The van der Waals surface area contributed by atoms with Crippen LogP contribution in [-0.2, 0) is 10.0 Å². The molecule has 1 rings (SSSR count). The summed E-state index contributed by atoms with van der Waals surface area (Å²) in [5, 5.41) is 38.2. The molecule has 1 aromatic carbocycles. The quantitative estimate of drug-likeness (QED) is 0.376. The molecular formula is C10H13ClN2O7S. The van der Waals surface area contributed by atoms with E-state index in [1.54, 1.807) is 0 Å². The Bertz CT molecular complexity index is 622. The van der Waals surface area contributed by atoms with Crippen LogP contribution in [0.3, 0.4) is 0 Å². The summed E-state index contributed by atoms with van der Waals surface area (Å²) < 4.78 is 26.2. The Labute approximate surface area is 125 Å². The number of nitrogens with one attached hydrogen (secondary N) is 1. The number of sulfonamides is 1. The molecule has 0 atom stereocenters. The van der Waals surface area contributed by atoms with E-state index in [-0.39, 0.29) is 5.02 Å². The molecule has 0 saturated heterocycles. The Balaban J connectivity index is 3.35. The van der Waals surface area contributed by atoms with E-state index in [0.717, 1.165) is 18.2 Å². The van der Waals surface area contributed by atoms with Gasteiger partial charge in [-0.25, -0.2) is 8.42 Å². The number of rotatable bonds is 7. The molecule has 0 bridgehead atoms. The highest BCUT2D eigenvalue weighted by molar-refractivity contribution is 7.89. The van der Waals surface area contributed by atoms with E-state index in [1.165, 1.54) is 0 Å². The van der Waals surface area contributed by atoms with E-state index in [4.69, 9.17) is 26.9 Å². The highest BCUT2D eigenvalue weighted by atomic mass is 35.5. The molecule has 0 aromatic heterocycles. The van der Waals surface area contributed by atoms with E-state index < -0.39 is 50.9 Å². The zero-order chi connectivity index (χ0) is 16.3. The standard InChI is InChI=1S/C10H13ClN2O7S/c11-7-1-2-9(8(3-7)13(17)18)21(19,20)12-10(4-14,5-15)6-16/h1-3,12,14-16H,4-6H2. The van der Waals surface area contributed by atoms with Gasteiger partial charge in [0.05, 0.1) is 24.7 Å². The number of benzene rings is 1. The SMILES string of the molecule is O=[N+]([O-])c1cc(Cl)ccc1S(=O)(=O)NC(CO)(CO)CO. The molecule has 0 radical (unpaired) electrons. The first-order valence-corrected chi connectivity index (χ1v) is 7.38. The summed E-state index contributed by atoms with van der Waals surface area (Å²) in [4.78, 5) is 9.27. The lowest BCUT2D eigenvalue weighted by atomic mass is 10.1.